The molecule has 16 heavy (non-hydrogen) atoms. The van der Waals surface area contributed by atoms with Gasteiger partial charge in [0.25, 0.3) is 0 Å². The highest BCUT2D eigenvalue weighted by Gasteiger charge is 2.25. The Labute approximate surface area is 95.5 Å². The SMILES string of the molecule is CC1CNc2cc(N3CCNCC3)nc[n+]21. The summed E-state index contributed by atoms with van der Waals surface area (Å²) in [5.74, 6) is 2.28. The van der Waals surface area contributed by atoms with Crippen molar-refractivity contribution in [3.8, 4) is 0 Å². The number of rotatable bonds is 1. The van der Waals surface area contributed by atoms with E-state index in [0.29, 0.717) is 6.04 Å². The molecule has 0 amide bonds. The second kappa shape index (κ2) is 3.90. The molecule has 1 atom stereocenters. The van der Waals surface area contributed by atoms with Crippen LogP contribution in [0.3, 0.4) is 0 Å². The van der Waals surface area contributed by atoms with Gasteiger partial charge in [0.1, 0.15) is 6.04 Å². The first kappa shape index (κ1) is 9.84. The topological polar surface area (TPSA) is 44.1 Å². The van der Waals surface area contributed by atoms with E-state index in [0.717, 1.165) is 38.5 Å². The van der Waals surface area contributed by atoms with Crippen molar-refractivity contribution in [1.82, 2.24) is 10.3 Å². The summed E-state index contributed by atoms with van der Waals surface area (Å²) in [6.07, 6.45) is 1.96. The number of nitrogens with one attached hydrogen (secondary N) is 2. The summed E-state index contributed by atoms with van der Waals surface area (Å²) in [4.78, 5) is 6.88. The smallest absolute Gasteiger partial charge is 0.228 e. The van der Waals surface area contributed by atoms with Crippen LogP contribution >= 0.6 is 0 Å². The third-order valence-corrected chi connectivity index (χ3v) is 3.35. The van der Waals surface area contributed by atoms with Gasteiger partial charge in [-0.15, -0.1) is 0 Å². The van der Waals surface area contributed by atoms with Crippen LogP contribution in [-0.4, -0.2) is 37.7 Å². The average molecular weight is 220 g/mol. The largest absolute Gasteiger partial charge is 0.340 e. The zero-order valence-corrected chi connectivity index (χ0v) is 9.61. The number of fused-ring (bicyclic) bond motifs is 1. The molecule has 1 saturated heterocycles. The summed E-state index contributed by atoms with van der Waals surface area (Å²) in [6.45, 7) is 7.41. The quantitative estimate of drug-likeness (QED) is 0.641. The molecule has 0 saturated carbocycles. The van der Waals surface area contributed by atoms with Gasteiger partial charge in [-0.3, -0.25) is 0 Å². The third-order valence-electron chi connectivity index (χ3n) is 3.35. The summed E-state index contributed by atoms with van der Waals surface area (Å²) >= 11 is 0. The zero-order chi connectivity index (χ0) is 11.0. The number of hydrogen-bond donors (Lipinski definition) is 2. The maximum absolute atomic E-state index is 4.55. The highest BCUT2D eigenvalue weighted by atomic mass is 15.3. The van der Waals surface area contributed by atoms with E-state index in [1.165, 1.54) is 5.82 Å². The molecule has 3 heterocycles. The first-order valence-corrected chi connectivity index (χ1v) is 5.95. The Balaban J connectivity index is 1.86. The molecule has 1 fully saturated rings. The Kier molecular flexibility index (Phi) is 2.40. The zero-order valence-electron chi connectivity index (χ0n) is 9.61. The Hall–Kier alpha value is -1.36. The molecule has 2 N–H and O–H groups in total. The van der Waals surface area contributed by atoms with Gasteiger partial charge in [0, 0.05) is 26.2 Å². The molecule has 5 nitrogen and oxygen atoms in total. The molecular formula is C11H18N5+. The van der Waals surface area contributed by atoms with E-state index in [-0.39, 0.29) is 0 Å². The highest BCUT2D eigenvalue weighted by Crippen LogP contribution is 2.18. The molecule has 1 aromatic heterocycles. The number of nitrogens with zero attached hydrogens (tertiary/aromatic N) is 3. The van der Waals surface area contributed by atoms with E-state index in [1.807, 2.05) is 6.33 Å². The molecule has 2 aliphatic rings. The highest BCUT2D eigenvalue weighted by molar-refractivity contribution is 5.47. The predicted molar refractivity (Wildman–Crippen MR) is 62.7 cm³/mol. The lowest BCUT2D eigenvalue weighted by molar-refractivity contribution is -0.696. The van der Waals surface area contributed by atoms with Crippen molar-refractivity contribution in [2.45, 2.75) is 13.0 Å². The fourth-order valence-corrected chi connectivity index (χ4v) is 2.33. The normalized spacial score (nSPS) is 24.1. The van der Waals surface area contributed by atoms with Crippen molar-refractivity contribution in [2.75, 3.05) is 42.9 Å². The van der Waals surface area contributed by atoms with Gasteiger partial charge in [-0.25, -0.2) is 4.57 Å². The van der Waals surface area contributed by atoms with Gasteiger partial charge in [0.15, 0.2) is 0 Å². The van der Waals surface area contributed by atoms with Gasteiger partial charge < -0.3 is 15.5 Å². The lowest BCUT2D eigenvalue weighted by Gasteiger charge is -2.26. The summed E-state index contributed by atoms with van der Waals surface area (Å²) < 4.78 is 2.20. The van der Waals surface area contributed by atoms with Crippen LogP contribution in [-0.2, 0) is 0 Å². The summed E-state index contributed by atoms with van der Waals surface area (Å²) in [5.41, 5.74) is 0. The van der Waals surface area contributed by atoms with Gasteiger partial charge in [0.05, 0.1) is 12.6 Å². The molecule has 0 aromatic carbocycles. The molecule has 0 aliphatic carbocycles. The van der Waals surface area contributed by atoms with Gasteiger partial charge in [-0.05, 0) is 6.92 Å². The van der Waals surface area contributed by atoms with Crippen LogP contribution in [0.15, 0.2) is 12.4 Å². The summed E-state index contributed by atoms with van der Waals surface area (Å²) in [7, 11) is 0. The van der Waals surface area contributed by atoms with Crippen molar-refractivity contribution < 1.29 is 4.57 Å². The van der Waals surface area contributed by atoms with Crippen LogP contribution in [0, 0.1) is 0 Å². The fourth-order valence-electron chi connectivity index (χ4n) is 2.33. The van der Waals surface area contributed by atoms with Gasteiger partial charge in [-0.2, -0.15) is 0 Å². The van der Waals surface area contributed by atoms with Gasteiger partial charge >= 0.3 is 0 Å². The number of anilines is 2. The maximum atomic E-state index is 4.55. The minimum atomic E-state index is 0.513. The van der Waals surface area contributed by atoms with Crippen molar-refractivity contribution in [1.29, 1.82) is 0 Å². The lowest BCUT2D eigenvalue weighted by atomic mass is 10.3. The molecule has 1 unspecified atom stereocenters. The van der Waals surface area contributed by atoms with Crippen molar-refractivity contribution in [3.05, 3.63) is 12.4 Å². The van der Waals surface area contributed by atoms with Crippen molar-refractivity contribution in [2.24, 2.45) is 0 Å². The number of aromatic nitrogens is 2. The summed E-state index contributed by atoms with van der Waals surface area (Å²) in [5, 5.41) is 6.76. The Morgan fingerprint density at radius 2 is 2.25 bits per heavy atom. The molecule has 2 aliphatic heterocycles. The van der Waals surface area contributed by atoms with Crippen LogP contribution < -0.4 is 20.1 Å². The first-order valence-electron chi connectivity index (χ1n) is 5.95. The van der Waals surface area contributed by atoms with Crippen LogP contribution in [0.5, 0.6) is 0 Å². The number of hydrogen-bond acceptors (Lipinski definition) is 4. The molecular weight excluding hydrogens is 202 g/mol. The molecule has 0 bridgehead atoms. The molecule has 3 rings (SSSR count). The standard InChI is InChI=1S/C11H17N5/c1-9-7-13-11-6-10(14-8-16(9)11)15-4-2-12-3-5-15/h6,8-9,12H,2-5,7H2,1H3/p+1. The minimum Gasteiger partial charge on any atom is -0.340 e. The Morgan fingerprint density at radius 3 is 3.06 bits per heavy atom. The molecule has 0 radical (unpaired) electrons. The Morgan fingerprint density at radius 1 is 1.44 bits per heavy atom. The predicted octanol–water partition coefficient (Wildman–Crippen LogP) is -0.235. The van der Waals surface area contributed by atoms with E-state index >= 15 is 0 Å². The molecule has 1 aromatic rings. The van der Waals surface area contributed by atoms with Crippen LogP contribution in [0.2, 0.25) is 0 Å². The molecule has 86 valence electrons. The van der Waals surface area contributed by atoms with Crippen LogP contribution in [0.25, 0.3) is 0 Å². The third kappa shape index (κ3) is 1.61. The van der Waals surface area contributed by atoms with Crippen molar-refractivity contribution in [3.63, 3.8) is 0 Å². The van der Waals surface area contributed by atoms with Gasteiger partial charge in [0.2, 0.25) is 18.0 Å². The summed E-state index contributed by atoms with van der Waals surface area (Å²) in [6, 6.07) is 2.68. The van der Waals surface area contributed by atoms with Crippen molar-refractivity contribution >= 4 is 11.6 Å². The fraction of sp³-hybridized carbons (Fsp3) is 0.636. The second-order valence-corrected chi connectivity index (χ2v) is 4.51. The van der Waals surface area contributed by atoms with Gasteiger partial charge in [-0.1, -0.05) is 4.98 Å². The number of piperazine rings is 1. The Bertz CT molecular complexity index is 386. The maximum Gasteiger partial charge on any atom is 0.228 e. The van der Waals surface area contributed by atoms with E-state index in [1.54, 1.807) is 0 Å². The lowest BCUT2D eigenvalue weighted by Crippen LogP contribution is -2.44. The minimum absolute atomic E-state index is 0.513. The van der Waals surface area contributed by atoms with E-state index in [4.69, 9.17) is 0 Å². The van der Waals surface area contributed by atoms with Crippen LogP contribution in [0.4, 0.5) is 11.6 Å². The van der Waals surface area contributed by atoms with Crippen LogP contribution in [0.1, 0.15) is 13.0 Å². The first-order chi connectivity index (χ1) is 7.84. The monoisotopic (exact) mass is 220 g/mol. The van der Waals surface area contributed by atoms with E-state index < -0.39 is 0 Å². The van der Waals surface area contributed by atoms with E-state index in [2.05, 4.69) is 38.1 Å². The van der Waals surface area contributed by atoms with E-state index in [9.17, 15) is 0 Å². The average Bonchev–Trinajstić information content (AvgIpc) is 2.72. The second-order valence-electron chi connectivity index (χ2n) is 4.51. The molecule has 0 spiro atoms. The molecule has 5 heteroatoms.